The van der Waals surface area contributed by atoms with E-state index < -0.39 is 0 Å². The predicted octanol–water partition coefficient (Wildman–Crippen LogP) is 1.64. The number of hydrogen-bond acceptors (Lipinski definition) is 4. The summed E-state index contributed by atoms with van der Waals surface area (Å²) in [6, 6.07) is 7.80. The van der Waals surface area contributed by atoms with Crippen LogP contribution in [0.3, 0.4) is 0 Å². The Hall–Kier alpha value is -1.79. The molecule has 0 radical (unpaired) electrons. The minimum absolute atomic E-state index is 0.0382. The van der Waals surface area contributed by atoms with E-state index in [0.717, 1.165) is 38.2 Å². The fourth-order valence-corrected chi connectivity index (χ4v) is 3.18. The van der Waals surface area contributed by atoms with Crippen LogP contribution in [0.15, 0.2) is 24.3 Å². The molecule has 6 nitrogen and oxygen atoms in total. The van der Waals surface area contributed by atoms with Crippen molar-refractivity contribution in [3.63, 3.8) is 0 Å². The Morgan fingerprint density at radius 1 is 1.20 bits per heavy atom. The van der Waals surface area contributed by atoms with Gasteiger partial charge in [-0.3, -0.25) is 0 Å². The number of anilines is 1. The summed E-state index contributed by atoms with van der Waals surface area (Å²) in [6.45, 7) is 8.70. The number of benzene rings is 1. The van der Waals surface area contributed by atoms with Crippen LogP contribution in [-0.2, 0) is 6.54 Å². The summed E-state index contributed by atoms with van der Waals surface area (Å²) in [5.74, 6) is 0.426. The van der Waals surface area contributed by atoms with Gasteiger partial charge in [-0.25, -0.2) is 4.79 Å². The van der Waals surface area contributed by atoms with Crippen LogP contribution >= 0.6 is 0 Å². The van der Waals surface area contributed by atoms with Gasteiger partial charge < -0.3 is 25.5 Å². The Morgan fingerprint density at radius 3 is 2.52 bits per heavy atom. The van der Waals surface area contributed by atoms with Crippen molar-refractivity contribution in [1.82, 2.24) is 15.5 Å². The zero-order valence-electron chi connectivity index (χ0n) is 15.7. The molecule has 1 unspecified atom stereocenters. The second kappa shape index (κ2) is 9.63. The third kappa shape index (κ3) is 6.21. The van der Waals surface area contributed by atoms with Gasteiger partial charge in [-0.1, -0.05) is 32.0 Å². The molecule has 6 heteroatoms. The van der Waals surface area contributed by atoms with Gasteiger partial charge in [0.2, 0.25) is 0 Å². The molecule has 1 heterocycles. The number of likely N-dealkylation sites (N-methyl/N-ethyl adjacent to an activating group) is 1. The van der Waals surface area contributed by atoms with Gasteiger partial charge in [0.15, 0.2) is 0 Å². The van der Waals surface area contributed by atoms with E-state index in [9.17, 15) is 9.90 Å². The molecule has 0 spiro atoms. The summed E-state index contributed by atoms with van der Waals surface area (Å²) < 4.78 is 0. The average Bonchev–Trinajstić information content (AvgIpc) is 2.60. The third-order valence-corrected chi connectivity index (χ3v) is 4.59. The number of hydrogen-bond donors (Lipinski definition) is 3. The molecule has 1 aromatic rings. The van der Waals surface area contributed by atoms with Gasteiger partial charge in [0.25, 0.3) is 0 Å². The van der Waals surface area contributed by atoms with E-state index in [1.807, 2.05) is 12.1 Å². The Balaban J connectivity index is 1.91. The Labute approximate surface area is 151 Å². The van der Waals surface area contributed by atoms with Crippen LogP contribution in [0, 0.1) is 5.92 Å². The van der Waals surface area contributed by atoms with Crippen LogP contribution in [0.2, 0.25) is 0 Å². The average molecular weight is 348 g/mol. The molecule has 1 saturated heterocycles. The van der Waals surface area contributed by atoms with E-state index in [1.54, 1.807) is 0 Å². The lowest BCUT2D eigenvalue weighted by Gasteiger charge is -2.35. The number of carbonyl (C=O) groups excluding carboxylic acids is 1. The van der Waals surface area contributed by atoms with Crippen molar-refractivity contribution in [1.29, 1.82) is 0 Å². The minimum atomic E-state index is -0.229. The normalized spacial score (nSPS) is 16.8. The minimum Gasteiger partial charge on any atom is -0.394 e. The monoisotopic (exact) mass is 348 g/mol. The van der Waals surface area contributed by atoms with E-state index in [4.69, 9.17) is 0 Å². The molecule has 1 aromatic carbocycles. The van der Waals surface area contributed by atoms with Gasteiger partial charge in [0.05, 0.1) is 12.6 Å². The lowest BCUT2D eigenvalue weighted by atomic mass is 10.0. The maximum Gasteiger partial charge on any atom is 0.315 e. The molecule has 140 valence electrons. The van der Waals surface area contributed by atoms with Crippen LogP contribution in [0.5, 0.6) is 0 Å². The van der Waals surface area contributed by atoms with Crippen molar-refractivity contribution < 1.29 is 9.90 Å². The molecule has 1 atom stereocenters. The fraction of sp³-hybridized carbons (Fsp3) is 0.632. The Morgan fingerprint density at radius 2 is 1.88 bits per heavy atom. The van der Waals surface area contributed by atoms with Crippen LogP contribution in [-0.4, -0.2) is 61.9 Å². The first-order chi connectivity index (χ1) is 12.0. The fourth-order valence-electron chi connectivity index (χ4n) is 3.18. The first-order valence-corrected chi connectivity index (χ1v) is 9.16. The van der Waals surface area contributed by atoms with Crippen molar-refractivity contribution in [2.75, 3.05) is 44.7 Å². The number of nitrogens with one attached hydrogen (secondary N) is 2. The maximum atomic E-state index is 12.1. The van der Waals surface area contributed by atoms with Gasteiger partial charge in [-0.05, 0) is 31.0 Å². The van der Waals surface area contributed by atoms with E-state index in [2.05, 4.69) is 53.5 Å². The van der Waals surface area contributed by atoms with E-state index in [1.165, 1.54) is 5.69 Å². The zero-order valence-corrected chi connectivity index (χ0v) is 15.7. The predicted molar refractivity (Wildman–Crippen MR) is 102 cm³/mol. The highest BCUT2D eigenvalue weighted by Gasteiger charge is 2.17. The first kappa shape index (κ1) is 19.5. The van der Waals surface area contributed by atoms with Crippen molar-refractivity contribution >= 4 is 11.7 Å². The van der Waals surface area contributed by atoms with Crippen molar-refractivity contribution in [3.05, 3.63) is 29.8 Å². The van der Waals surface area contributed by atoms with Crippen LogP contribution in [0.1, 0.15) is 25.8 Å². The van der Waals surface area contributed by atoms with Gasteiger partial charge >= 0.3 is 6.03 Å². The molecule has 0 bridgehead atoms. The number of rotatable bonds is 7. The number of carbonyl (C=O) groups is 1. The second-order valence-electron chi connectivity index (χ2n) is 7.26. The number of urea groups is 1. The summed E-state index contributed by atoms with van der Waals surface area (Å²) in [5, 5.41) is 15.2. The summed E-state index contributed by atoms with van der Waals surface area (Å²) in [4.78, 5) is 16.9. The summed E-state index contributed by atoms with van der Waals surface area (Å²) in [7, 11) is 2.14. The molecule has 2 rings (SSSR count). The van der Waals surface area contributed by atoms with E-state index >= 15 is 0 Å². The first-order valence-electron chi connectivity index (χ1n) is 9.16. The SMILES string of the molecule is CC(C)CC(CO)NC(=O)NCc1ccccc1N1CCN(C)CC1. The molecule has 2 amide bonds. The molecule has 0 aliphatic carbocycles. The molecule has 1 aliphatic rings. The van der Waals surface area contributed by atoms with Crippen LogP contribution < -0.4 is 15.5 Å². The van der Waals surface area contributed by atoms with Gasteiger partial charge in [-0.2, -0.15) is 0 Å². The molecule has 25 heavy (non-hydrogen) atoms. The van der Waals surface area contributed by atoms with Gasteiger partial charge in [0.1, 0.15) is 0 Å². The Kier molecular flexibility index (Phi) is 7.52. The largest absolute Gasteiger partial charge is 0.394 e. The number of aliphatic hydroxyl groups is 1. The van der Waals surface area contributed by atoms with Crippen molar-refractivity contribution in [2.45, 2.75) is 32.9 Å². The standard InChI is InChI=1S/C19H32N4O2/c1-15(2)12-17(14-24)21-19(25)20-13-16-6-4-5-7-18(16)23-10-8-22(3)9-11-23/h4-7,15,17,24H,8-14H2,1-3H3,(H2,20,21,25). The van der Waals surface area contributed by atoms with Crippen LogP contribution in [0.25, 0.3) is 0 Å². The number of aliphatic hydroxyl groups excluding tert-OH is 1. The van der Waals surface area contributed by atoms with Crippen molar-refractivity contribution in [3.8, 4) is 0 Å². The lowest BCUT2D eigenvalue weighted by molar-refractivity contribution is 0.206. The smallest absolute Gasteiger partial charge is 0.315 e. The highest BCUT2D eigenvalue weighted by molar-refractivity contribution is 5.74. The molecule has 0 saturated carbocycles. The highest BCUT2D eigenvalue weighted by atomic mass is 16.3. The molecule has 1 aliphatic heterocycles. The van der Waals surface area contributed by atoms with E-state index in [-0.39, 0.29) is 18.7 Å². The quantitative estimate of drug-likeness (QED) is 0.701. The topological polar surface area (TPSA) is 67.8 Å². The summed E-state index contributed by atoms with van der Waals surface area (Å²) in [6.07, 6.45) is 0.766. The summed E-state index contributed by atoms with van der Waals surface area (Å²) >= 11 is 0. The third-order valence-electron chi connectivity index (χ3n) is 4.59. The Bertz CT molecular complexity index is 542. The maximum absolute atomic E-state index is 12.1. The van der Waals surface area contributed by atoms with E-state index in [0.29, 0.717) is 12.5 Å². The van der Waals surface area contributed by atoms with Crippen LogP contribution in [0.4, 0.5) is 10.5 Å². The van der Waals surface area contributed by atoms with Gasteiger partial charge in [0, 0.05) is 38.4 Å². The lowest BCUT2D eigenvalue weighted by Crippen LogP contribution is -2.45. The second-order valence-corrected chi connectivity index (χ2v) is 7.26. The molecule has 0 aromatic heterocycles. The summed E-state index contributed by atoms with van der Waals surface area (Å²) in [5.41, 5.74) is 2.31. The molecule has 1 fully saturated rings. The molecule has 3 N–H and O–H groups in total. The number of para-hydroxylation sites is 1. The highest BCUT2D eigenvalue weighted by Crippen LogP contribution is 2.21. The number of amides is 2. The number of nitrogens with zero attached hydrogens (tertiary/aromatic N) is 2. The number of piperazine rings is 1. The molecular formula is C19H32N4O2. The van der Waals surface area contributed by atoms with Gasteiger partial charge in [-0.15, -0.1) is 0 Å². The zero-order chi connectivity index (χ0) is 18.2. The molecular weight excluding hydrogens is 316 g/mol. The van der Waals surface area contributed by atoms with Crippen molar-refractivity contribution in [2.24, 2.45) is 5.92 Å².